The van der Waals surface area contributed by atoms with E-state index in [0.29, 0.717) is 6.42 Å². The minimum absolute atomic E-state index is 0.255. The van der Waals surface area contributed by atoms with Crippen molar-refractivity contribution in [3.05, 3.63) is 24.2 Å². The van der Waals surface area contributed by atoms with E-state index < -0.39 is 5.54 Å². The van der Waals surface area contributed by atoms with E-state index in [9.17, 15) is 4.79 Å². The van der Waals surface area contributed by atoms with E-state index in [4.69, 9.17) is 22.4 Å². The molecule has 0 fully saturated rings. The predicted octanol–water partition coefficient (Wildman–Crippen LogP) is 1.46. The monoisotopic (exact) mass is 226 g/mol. The highest BCUT2D eigenvalue weighted by Crippen LogP contribution is 2.11. The second-order valence-corrected chi connectivity index (χ2v) is 3.92. The number of carbonyl (C=O) groups is 1. The van der Waals surface area contributed by atoms with Crippen LogP contribution in [0.3, 0.4) is 0 Å². The van der Waals surface area contributed by atoms with Crippen molar-refractivity contribution >= 4 is 23.1 Å². The van der Waals surface area contributed by atoms with Crippen molar-refractivity contribution < 1.29 is 9.21 Å². The molecular weight excluding hydrogens is 212 g/mol. The largest absolute Gasteiger partial charge is 0.459 e. The van der Waals surface area contributed by atoms with Gasteiger partial charge >= 0.3 is 0 Å². The quantitative estimate of drug-likeness (QED) is 0.763. The number of amides is 1. The van der Waals surface area contributed by atoms with Gasteiger partial charge in [0.2, 0.25) is 0 Å². The van der Waals surface area contributed by atoms with Crippen LogP contribution in [-0.2, 0) is 0 Å². The summed E-state index contributed by atoms with van der Waals surface area (Å²) in [6, 6.07) is 3.24. The molecule has 0 saturated heterocycles. The highest BCUT2D eigenvalue weighted by Gasteiger charge is 2.28. The van der Waals surface area contributed by atoms with E-state index in [2.05, 4.69) is 5.32 Å². The number of carbonyl (C=O) groups excluding carboxylic acids is 1. The van der Waals surface area contributed by atoms with Crippen LogP contribution in [0.5, 0.6) is 0 Å². The zero-order chi connectivity index (χ0) is 11.5. The van der Waals surface area contributed by atoms with E-state index in [0.717, 1.165) is 0 Å². The Morgan fingerprint density at radius 2 is 2.40 bits per heavy atom. The number of furan rings is 1. The lowest BCUT2D eigenvalue weighted by atomic mass is 9.99. The molecule has 1 aromatic rings. The third kappa shape index (κ3) is 2.56. The average molecular weight is 226 g/mol. The summed E-state index contributed by atoms with van der Waals surface area (Å²) >= 11 is 4.91. The Morgan fingerprint density at radius 1 is 1.73 bits per heavy atom. The Morgan fingerprint density at radius 3 is 2.80 bits per heavy atom. The van der Waals surface area contributed by atoms with Crippen molar-refractivity contribution in [3.63, 3.8) is 0 Å². The summed E-state index contributed by atoms with van der Waals surface area (Å²) in [6.45, 7) is 3.69. The van der Waals surface area contributed by atoms with E-state index >= 15 is 0 Å². The molecule has 3 N–H and O–H groups in total. The van der Waals surface area contributed by atoms with E-state index in [-0.39, 0.29) is 16.7 Å². The van der Waals surface area contributed by atoms with Gasteiger partial charge in [-0.15, -0.1) is 0 Å². The summed E-state index contributed by atoms with van der Waals surface area (Å²) in [5.41, 5.74) is 4.90. The zero-order valence-corrected chi connectivity index (χ0v) is 9.56. The average Bonchev–Trinajstić information content (AvgIpc) is 2.70. The molecule has 1 heterocycles. The maximum atomic E-state index is 11.7. The minimum atomic E-state index is -0.667. The van der Waals surface area contributed by atoms with Crippen LogP contribution in [0, 0.1) is 0 Å². The first-order valence-electron chi connectivity index (χ1n) is 4.65. The molecule has 1 aromatic heterocycles. The van der Waals surface area contributed by atoms with Crippen molar-refractivity contribution in [2.75, 3.05) is 0 Å². The number of hydrogen-bond donors (Lipinski definition) is 2. The summed E-state index contributed by atoms with van der Waals surface area (Å²) in [7, 11) is 0. The number of nitrogens with two attached hydrogens (primary N) is 1. The highest BCUT2D eigenvalue weighted by molar-refractivity contribution is 7.80. The lowest BCUT2D eigenvalue weighted by Gasteiger charge is -2.27. The van der Waals surface area contributed by atoms with Crippen molar-refractivity contribution in [2.24, 2.45) is 5.73 Å². The first-order chi connectivity index (χ1) is 6.99. The summed E-state index contributed by atoms with van der Waals surface area (Å²) in [4.78, 5) is 11.9. The highest BCUT2D eigenvalue weighted by atomic mass is 32.1. The van der Waals surface area contributed by atoms with Gasteiger partial charge in [0.05, 0.1) is 16.8 Å². The fourth-order valence-corrected chi connectivity index (χ4v) is 1.24. The lowest BCUT2D eigenvalue weighted by molar-refractivity contribution is 0.0898. The third-order valence-corrected chi connectivity index (χ3v) is 2.84. The molecule has 82 valence electrons. The van der Waals surface area contributed by atoms with Gasteiger partial charge < -0.3 is 15.5 Å². The summed E-state index contributed by atoms with van der Waals surface area (Å²) in [5, 5.41) is 2.75. The molecule has 0 spiro atoms. The van der Waals surface area contributed by atoms with Gasteiger partial charge in [-0.25, -0.2) is 0 Å². The van der Waals surface area contributed by atoms with Crippen LogP contribution >= 0.6 is 12.2 Å². The molecule has 1 rings (SSSR count). The summed E-state index contributed by atoms with van der Waals surface area (Å²) in [5.74, 6) is -0.0527. The molecule has 4 nitrogen and oxygen atoms in total. The SMILES string of the molecule is CCC(C)(NC(=O)c1ccco1)C(N)=S. The van der Waals surface area contributed by atoms with Crippen molar-refractivity contribution in [3.8, 4) is 0 Å². The molecule has 5 heteroatoms. The first-order valence-corrected chi connectivity index (χ1v) is 5.06. The van der Waals surface area contributed by atoms with Gasteiger partial charge in [-0.1, -0.05) is 19.1 Å². The van der Waals surface area contributed by atoms with Crippen LogP contribution in [0.15, 0.2) is 22.8 Å². The third-order valence-electron chi connectivity index (χ3n) is 2.39. The number of rotatable bonds is 4. The van der Waals surface area contributed by atoms with Crippen LogP contribution in [0.1, 0.15) is 30.8 Å². The Hall–Kier alpha value is -1.36. The van der Waals surface area contributed by atoms with Crippen LogP contribution in [-0.4, -0.2) is 16.4 Å². The molecule has 1 atom stereocenters. The molecule has 0 aliphatic carbocycles. The summed E-state index contributed by atoms with van der Waals surface area (Å²) in [6.07, 6.45) is 2.08. The molecule has 0 aliphatic rings. The lowest BCUT2D eigenvalue weighted by Crippen LogP contribution is -2.54. The second kappa shape index (κ2) is 4.44. The van der Waals surface area contributed by atoms with Crippen LogP contribution in [0.2, 0.25) is 0 Å². The van der Waals surface area contributed by atoms with Gasteiger partial charge in [0.25, 0.3) is 5.91 Å². The van der Waals surface area contributed by atoms with Gasteiger partial charge in [-0.2, -0.15) is 0 Å². The number of hydrogen-bond acceptors (Lipinski definition) is 3. The molecule has 1 amide bonds. The van der Waals surface area contributed by atoms with Crippen LogP contribution < -0.4 is 11.1 Å². The number of thiocarbonyl (C=S) groups is 1. The van der Waals surface area contributed by atoms with Gasteiger partial charge in [-0.3, -0.25) is 4.79 Å². The van der Waals surface area contributed by atoms with Crippen molar-refractivity contribution in [1.82, 2.24) is 5.32 Å². The van der Waals surface area contributed by atoms with Gasteiger partial charge in [0.1, 0.15) is 0 Å². The zero-order valence-electron chi connectivity index (χ0n) is 8.74. The summed E-state index contributed by atoms with van der Waals surface area (Å²) < 4.78 is 4.97. The minimum Gasteiger partial charge on any atom is -0.459 e. The fraction of sp³-hybridized carbons (Fsp3) is 0.400. The Kier molecular flexibility index (Phi) is 3.47. The standard InChI is InChI=1S/C10H14N2O2S/c1-3-10(2,9(11)15)12-8(13)7-5-4-6-14-7/h4-6H,3H2,1-2H3,(H2,11,15)(H,12,13). The Balaban J connectivity index is 2.77. The maximum Gasteiger partial charge on any atom is 0.287 e. The van der Waals surface area contributed by atoms with Crippen molar-refractivity contribution in [1.29, 1.82) is 0 Å². The topological polar surface area (TPSA) is 68.3 Å². The molecule has 0 bridgehead atoms. The molecule has 0 aliphatic heterocycles. The Bertz CT molecular complexity index is 362. The number of nitrogens with one attached hydrogen (secondary N) is 1. The normalized spacial score (nSPS) is 14.3. The molecular formula is C10H14N2O2S. The first kappa shape index (κ1) is 11.7. The fourth-order valence-electron chi connectivity index (χ4n) is 1.04. The van der Waals surface area contributed by atoms with Crippen LogP contribution in [0.25, 0.3) is 0 Å². The second-order valence-electron chi connectivity index (χ2n) is 3.48. The van der Waals surface area contributed by atoms with E-state index in [1.54, 1.807) is 19.1 Å². The molecule has 0 aromatic carbocycles. The molecule has 0 saturated carbocycles. The van der Waals surface area contributed by atoms with E-state index in [1.807, 2.05) is 6.92 Å². The molecule has 1 unspecified atom stereocenters. The smallest absolute Gasteiger partial charge is 0.287 e. The van der Waals surface area contributed by atoms with Gasteiger partial charge in [0.15, 0.2) is 5.76 Å². The predicted molar refractivity (Wildman–Crippen MR) is 61.7 cm³/mol. The van der Waals surface area contributed by atoms with E-state index in [1.165, 1.54) is 6.26 Å². The molecule has 0 radical (unpaired) electrons. The maximum absolute atomic E-state index is 11.7. The van der Waals surface area contributed by atoms with Gasteiger partial charge in [0, 0.05) is 0 Å². The van der Waals surface area contributed by atoms with Crippen molar-refractivity contribution in [2.45, 2.75) is 25.8 Å². The van der Waals surface area contributed by atoms with Gasteiger partial charge in [-0.05, 0) is 25.5 Å². The molecule has 15 heavy (non-hydrogen) atoms. The van der Waals surface area contributed by atoms with Crippen LogP contribution in [0.4, 0.5) is 0 Å². The Labute approximate surface area is 93.8 Å².